The Hall–Kier alpha value is -1.29. The molecule has 15 heavy (non-hydrogen) atoms. The van der Waals surface area contributed by atoms with Gasteiger partial charge in [-0.15, -0.1) is 0 Å². The summed E-state index contributed by atoms with van der Waals surface area (Å²) in [6.07, 6.45) is 2.05. The summed E-state index contributed by atoms with van der Waals surface area (Å²) in [5.74, 6) is 1.18. The van der Waals surface area contributed by atoms with Gasteiger partial charge in [-0.2, -0.15) is 0 Å². The molecular formula is C11H17NO3. The van der Waals surface area contributed by atoms with Gasteiger partial charge in [0.05, 0.1) is 25.4 Å². The first-order valence-electron chi connectivity index (χ1n) is 4.76. The van der Waals surface area contributed by atoms with Gasteiger partial charge in [0.15, 0.2) is 0 Å². The SMILES string of the molecule is COc1ccnc(OC)c1CC(C)(C)O. The van der Waals surface area contributed by atoms with Crippen molar-refractivity contribution in [2.45, 2.75) is 25.9 Å². The normalized spacial score (nSPS) is 11.3. The number of methoxy groups -OCH3 is 2. The highest BCUT2D eigenvalue weighted by Gasteiger charge is 2.20. The highest BCUT2D eigenvalue weighted by molar-refractivity contribution is 5.40. The average Bonchev–Trinajstić information content (AvgIpc) is 2.16. The van der Waals surface area contributed by atoms with Crippen LogP contribution >= 0.6 is 0 Å². The Morgan fingerprint density at radius 2 is 2.00 bits per heavy atom. The first-order chi connectivity index (χ1) is 6.98. The summed E-state index contributed by atoms with van der Waals surface area (Å²) in [6, 6.07) is 1.75. The van der Waals surface area contributed by atoms with Gasteiger partial charge in [-0.25, -0.2) is 4.98 Å². The Kier molecular flexibility index (Phi) is 3.52. The van der Waals surface area contributed by atoms with Crippen LogP contribution in [0.5, 0.6) is 11.6 Å². The fraction of sp³-hybridized carbons (Fsp3) is 0.545. The largest absolute Gasteiger partial charge is 0.496 e. The van der Waals surface area contributed by atoms with Crippen LogP contribution in [0.2, 0.25) is 0 Å². The maximum absolute atomic E-state index is 9.77. The Balaban J connectivity index is 3.11. The first kappa shape index (κ1) is 11.8. The highest BCUT2D eigenvalue weighted by atomic mass is 16.5. The van der Waals surface area contributed by atoms with Gasteiger partial charge < -0.3 is 14.6 Å². The molecular weight excluding hydrogens is 194 g/mol. The van der Waals surface area contributed by atoms with Crippen molar-refractivity contribution in [3.8, 4) is 11.6 Å². The van der Waals surface area contributed by atoms with Crippen molar-refractivity contribution in [2.24, 2.45) is 0 Å². The molecule has 0 aromatic carbocycles. The molecule has 1 aromatic heterocycles. The number of rotatable bonds is 4. The van der Waals surface area contributed by atoms with Gasteiger partial charge in [0, 0.05) is 12.6 Å². The van der Waals surface area contributed by atoms with E-state index in [1.54, 1.807) is 40.3 Å². The van der Waals surface area contributed by atoms with Crippen molar-refractivity contribution in [3.63, 3.8) is 0 Å². The van der Waals surface area contributed by atoms with Crippen molar-refractivity contribution in [1.82, 2.24) is 4.98 Å². The summed E-state index contributed by atoms with van der Waals surface area (Å²) in [7, 11) is 3.14. The second-order valence-corrected chi connectivity index (χ2v) is 3.99. The molecule has 1 heterocycles. The Labute approximate surface area is 89.9 Å². The molecule has 0 atom stereocenters. The molecule has 1 N–H and O–H groups in total. The van der Waals surface area contributed by atoms with Crippen LogP contribution in [0.15, 0.2) is 12.3 Å². The zero-order valence-electron chi connectivity index (χ0n) is 9.57. The second-order valence-electron chi connectivity index (χ2n) is 3.99. The molecule has 84 valence electrons. The Morgan fingerprint density at radius 3 is 2.47 bits per heavy atom. The fourth-order valence-electron chi connectivity index (χ4n) is 1.42. The summed E-state index contributed by atoms with van der Waals surface area (Å²) in [4.78, 5) is 4.08. The predicted octanol–water partition coefficient (Wildman–Crippen LogP) is 1.41. The summed E-state index contributed by atoms with van der Waals surface area (Å²) >= 11 is 0. The zero-order valence-corrected chi connectivity index (χ0v) is 9.57. The van der Waals surface area contributed by atoms with E-state index in [0.717, 1.165) is 5.56 Å². The molecule has 0 bridgehead atoms. The zero-order chi connectivity index (χ0) is 11.5. The number of aromatic nitrogens is 1. The van der Waals surface area contributed by atoms with E-state index in [1.165, 1.54) is 0 Å². The van der Waals surface area contributed by atoms with Crippen LogP contribution in [0.4, 0.5) is 0 Å². The molecule has 0 spiro atoms. The minimum absolute atomic E-state index is 0.438. The molecule has 0 aliphatic heterocycles. The lowest BCUT2D eigenvalue weighted by molar-refractivity contribution is 0.0793. The van der Waals surface area contributed by atoms with Gasteiger partial charge >= 0.3 is 0 Å². The van der Waals surface area contributed by atoms with E-state index < -0.39 is 5.60 Å². The molecule has 1 aromatic rings. The monoisotopic (exact) mass is 211 g/mol. The van der Waals surface area contributed by atoms with Crippen LogP contribution in [0.25, 0.3) is 0 Å². The summed E-state index contributed by atoms with van der Waals surface area (Å²) in [5.41, 5.74) is -0.0288. The summed E-state index contributed by atoms with van der Waals surface area (Å²) in [6.45, 7) is 3.47. The summed E-state index contributed by atoms with van der Waals surface area (Å²) < 4.78 is 10.3. The fourth-order valence-corrected chi connectivity index (χ4v) is 1.42. The number of aliphatic hydroxyl groups is 1. The van der Waals surface area contributed by atoms with Crippen molar-refractivity contribution in [2.75, 3.05) is 14.2 Å². The summed E-state index contributed by atoms with van der Waals surface area (Å²) in [5, 5.41) is 9.77. The van der Waals surface area contributed by atoms with E-state index in [2.05, 4.69) is 4.98 Å². The molecule has 0 radical (unpaired) electrons. The minimum Gasteiger partial charge on any atom is -0.496 e. The van der Waals surface area contributed by atoms with E-state index in [-0.39, 0.29) is 0 Å². The number of pyridine rings is 1. The van der Waals surface area contributed by atoms with Gasteiger partial charge in [-0.1, -0.05) is 0 Å². The van der Waals surface area contributed by atoms with Crippen LogP contribution in [-0.2, 0) is 6.42 Å². The van der Waals surface area contributed by atoms with Crippen LogP contribution in [0, 0.1) is 0 Å². The van der Waals surface area contributed by atoms with Crippen LogP contribution in [0.3, 0.4) is 0 Å². The average molecular weight is 211 g/mol. The third kappa shape index (κ3) is 3.09. The molecule has 0 fully saturated rings. The molecule has 0 unspecified atom stereocenters. The van der Waals surface area contributed by atoms with Crippen molar-refractivity contribution in [1.29, 1.82) is 0 Å². The lowest BCUT2D eigenvalue weighted by Crippen LogP contribution is -2.22. The van der Waals surface area contributed by atoms with E-state index >= 15 is 0 Å². The molecule has 0 saturated carbocycles. The van der Waals surface area contributed by atoms with E-state index in [4.69, 9.17) is 9.47 Å². The van der Waals surface area contributed by atoms with E-state index in [1.807, 2.05) is 0 Å². The molecule has 4 heteroatoms. The van der Waals surface area contributed by atoms with Gasteiger partial charge in [0.1, 0.15) is 5.75 Å². The molecule has 0 aliphatic carbocycles. The maximum atomic E-state index is 9.77. The van der Waals surface area contributed by atoms with Crippen molar-refractivity contribution < 1.29 is 14.6 Å². The van der Waals surface area contributed by atoms with Crippen LogP contribution < -0.4 is 9.47 Å². The lowest BCUT2D eigenvalue weighted by Gasteiger charge is -2.20. The molecule has 0 aliphatic rings. The van der Waals surface area contributed by atoms with E-state index in [0.29, 0.717) is 18.1 Å². The topological polar surface area (TPSA) is 51.6 Å². The van der Waals surface area contributed by atoms with Gasteiger partial charge in [-0.05, 0) is 19.9 Å². The Bertz CT molecular complexity index is 309. The molecule has 0 saturated heterocycles. The Morgan fingerprint density at radius 1 is 1.33 bits per heavy atom. The minimum atomic E-state index is -0.816. The standard InChI is InChI=1S/C11H17NO3/c1-11(2,13)7-8-9(14-3)5-6-12-10(8)15-4/h5-6,13H,7H2,1-4H3. The van der Waals surface area contributed by atoms with E-state index in [9.17, 15) is 5.11 Å². The first-order valence-corrected chi connectivity index (χ1v) is 4.76. The van der Waals surface area contributed by atoms with Gasteiger partial charge in [-0.3, -0.25) is 0 Å². The third-order valence-corrected chi connectivity index (χ3v) is 2.00. The molecule has 1 rings (SSSR count). The highest BCUT2D eigenvalue weighted by Crippen LogP contribution is 2.29. The quantitative estimate of drug-likeness (QED) is 0.818. The molecule has 4 nitrogen and oxygen atoms in total. The van der Waals surface area contributed by atoms with Gasteiger partial charge in [0.25, 0.3) is 0 Å². The smallest absolute Gasteiger partial charge is 0.220 e. The van der Waals surface area contributed by atoms with Crippen LogP contribution in [0.1, 0.15) is 19.4 Å². The predicted molar refractivity (Wildman–Crippen MR) is 57.3 cm³/mol. The van der Waals surface area contributed by atoms with Crippen molar-refractivity contribution in [3.05, 3.63) is 17.8 Å². The second kappa shape index (κ2) is 4.49. The molecule has 0 amide bonds. The third-order valence-electron chi connectivity index (χ3n) is 2.00. The van der Waals surface area contributed by atoms with Gasteiger partial charge in [0.2, 0.25) is 5.88 Å². The maximum Gasteiger partial charge on any atom is 0.220 e. The van der Waals surface area contributed by atoms with Crippen LogP contribution in [-0.4, -0.2) is 29.9 Å². The number of nitrogens with zero attached hydrogens (tertiary/aromatic N) is 1. The lowest BCUT2D eigenvalue weighted by atomic mass is 9.99. The van der Waals surface area contributed by atoms with Crippen molar-refractivity contribution >= 4 is 0 Å². The number of hydrogen-bond donors (Lipinski definition) is 1. The number of hydrogen-bond acceptors (Lipinski definition) is 4. The number of ether oxygens (including phenoxy) is 2.